The summed E-state index contributed by atoms with van der Waals surface area (Å²) in [5, 5.41) is -1.42. The van der Waals surface area contributed by atoms with Crippen LogP contribution in [-0.4, -0.2) is 34.3 Å². The summed E-state index contributed by atoms with van der Waals surface area (Å²) in [5.74, 6) is -1.93. The Labute approximate surface area is 245 Å². The molecule has 0 radical (unpaired) electrons. The van der Waals surface area contributed by atoms with E-state index in [1.807, 2.05) is 27.7 Å². The Bertz CT molecular complexity index is 1400. The van der Waals surface area contributed by atoms with Gasteiger partial charge in [-0.2, -0.15) is 0 Å². The van der Waals surface area contributed by atoms with Gasteiger partial charge in [-0.1, -0.05) is 79.1 Å². The predicted octanol–water partition coefficient (Wildman–Crippen LogP) is 4.99. The van der Waals surface area contributed by atoms with Crippen LogP contribution in [0.5, 0.6) is 0 Å². The van der Waals surface area contributed by atoms with E-state index in [0.29, 0.717) is 25.7 Å². The Morgan fingerprint density at radius 2 is 0.762 bits per heavy atom. The largest absolute Gasteiger partial charge is 0.462 e. The monoisotopic (exact) mass is 584 g/mol. The summed E-state index contributed by atoms with van der Waals surface area (Å²) < 4.78 is 13.0. The highest BCUT2D eigenvalue weighted by molar-refractivity contribution is 6.24. The number of esters is 2. The molecule has 0 spiro atoms. The maximum atomic E-state index is 13.8. The van der Waals surface area contributed by atoms with Gasteiger partial charge in [-0.15, -0.1) is 0 Å². The maximum Gasteiger partial charge on any atom is 0.339 e. The first-order valence-corrected chi connectivity index (χ1v) is 15.6. The van der Waals surface area contributed by atoms with Gasteiger partial charge >= 0.3 is 11.9 Å². The third kappa shape index (κ3) is 6.73. The molecule has 0 amide bonds. The highest BCUT2D eigenvalue weighted by Crippen LogP contribution is 2.29. The SMILES string of the molecule is CCCCCOC(=O)c1c2c(=O)n(CCCCC)c(=O)c2c(C(=O)OCCCCC)c2c(=O)n(CCCCC)c(=O)c12. The lowest BCUT2D eigenvalue weighted by atomic mass is 9.96. The second-order valence-corrected chi connectivity index (χ2v) is 10.9. The maximum absolute atomic E-state index is 13.8. The molecule has 230 valence electrons. The van der Waals surface area contributed by atoms with E-state index < -0.39 is 45.3 Å². The van der Waals surface area contributed by atoms with Gasteiger partial charge in [0.15, 0.2) is 0 Å². The molecule has 0 atom stereocenters. The predicted molar refractivity (Wildman–Crippen MR) is 164 cm³/mol. The van der Waals surface area contributed by atoms with Crippen LogP contribution in [0.1, 0.15) is 125 Å². The van der Waals surface area contributed by atoms with E-state index in [2.05, 4.69) is 0 Å². The van der Waals surface area contributed by atoms with Crippen LogP contribution in [-0.2, 0) is 22.6 Å². The molecule has 10 nitrogen and oxygen atoms in total. The first-order valence-electron chi connectivity index (χ1n) is 15.6. The average Bonchev–Trinajstić information content (AvgIpc) is 3.37. The van der Waals surface area contributed by atoms with Crippen molar-refractivity contribution in [2.24, 2.45) is 0 Å². The quantitative estimate of drug-likeness (QED) is 0.151. The molecule has 0 unspecified atom stereocenters. The molecule has 1 aromatic carbocycles. The summed E-state index contributed by atoms with van der Waals surface area (Å²) in [7, 11) is 0. The lowest BCUT2D eigenvalue weighted by molar-refractivity contribution is 0.0490. The molecule has 2 heterocycles. The van der Waals surface area contributed by atoms with Crippen LogP contribution in [0.2, 0.25) is 0 Å². The lowest BCUT2D eigenvalue weighted by Gasteiger charge is -2.10. The van der Waals surface area contributed by atoms with Gasteiger partial charge in [0.1, 0.15) is 0 Å². The molecule has 0 aliphatic carbocycles. The van der Waals surface area contributed by atoms with Crippen LogP contribution >= 0.6 is 0 Å². The number of benzene rings is 1. The van der Waals surface area contributed by atoms with E-state index in [-0.39, 0.29) is 47.8 Å². The smallest absolute Gasteiger partial charge is 0.339 e. The van der Waals surface area contributed by atoms with Gasteiger partial charge in [0.25, 0.3) is 22.2 Å². The number of rotatable bonds is 18. The van der Waals surface area contributed by atoms with Crippen molar-refractivity contribution in [3.63, 3.8) is 0 Å². The fourth-order valence-electron chi connectivity index (χ4n) is 5.36. The number of hydrogen-bond donors (Lipinski definition) is 0. The molecular formula is C32H44N2O8. The number of ether oxygens (including phenoxy) is 2. The van der Waals surface area contributed by atoms with Crippen molar-refractivity contribution in [2.45, 2.75) is 118 Å². The third-order valence-electron chi connectivity index (χ3n) is 7.68. The number of aromatic nitrogens is 2. The Balaban J connectivity index is 2.42. The zero-order chi connectivity index (χ0) is 30.8. The van der Waals surface area contributed by atoms with Crippen LogP contribution < -0.4 is 22.2 Å². The lowest BCUT2D eigenvalue weighted by Crippen LogP contribution is -2.27. The molecule has 2 aromatic heterocycles. The fraction of sp³-hybridized carbons (Fsp3) is 0.625. The molecular weight excluding hydrogens is 540 g/mol. The van der Waals surface area contributed by atoms with E-state index >= 15 is 0 Å². The van der Waals surface area contributed by atoms with E-state index in [4.69, 9.17) is 9.47 Å². The summed E-state index contributed by atoms with van der Waals surface area (Å²) in [6.45, 7) is 8.19. The van der Waals surface area contributed by atoms with Gasteiger partial charge in [0, 0.05) is 13.1 Å². The molecule has 3 aromatic rings. The molecule has 42 heavy (non-hydrogen) atoms. The summed E-state index contributed by atoms with van der Waals surface area (Å²) in [5.41, 5.74) is -3.94. The molecule has 3 rings (SSSR count). The number of nitrogens with zero attached hydrogens (tertiary/aromatic N) is 2. The van der Waals surface area contributed by atoms with Crippen molar-refractivity contribution >= 4 is 33.5 Å². The van der Waals surface area contributed by atoms with Gasteiger partial charge < -0.3 is 9.47 Å². The minimum atomic E-state index is -0.963. The normalized spacial score (nSPS) is 11.5. The van der Waals surface area contributed by atoms with Gasteiger partial charge in [-0.05, 0) is 25.7 Å². The molecule has 0 bridgehead atoms. The topological polar surface area (TPSA) is 131 Å². The number of carbonyl (C=O) groups is 2. The Hall–Kier alpha value is -3.56. The van der Waals surface area contributed by atoms with Gasteiger partial charge in [0.2, 0.25) is 0 Å². The summed E-state index contributed by atoms with van der Waals surface area (Å²) in [6.07, 6.45) is 8.78. The average molecular weight is 585 g/mol. The van der Waals surface area contributed by atoms with E-state index in [0.717, 1.165) is 60.5 Å². The van der Waals surface area contributed by atoms with Crippen LogP contribution in [0.4, 0.5) is 0 Å². The first-order chi connectivity index (χ1) is 20.3. The van der Waals surface area contributed by atoms with Gasteiger partial charge in [-0.3, -0.25) is 28.3 Å². The van der Waals surface area contributed by atoms with Crippen LogP contribution in [0.25, 0.3) is 21.5 Å². The van der Waals surface area contributed by atoms with Crippen molar-refractivity contribution in [1.29, 1.82) is 0 Å². The standard InChI is InChI=1S/C32H44N2O8/c1-5-9-13-17-33-27(35)21-22(28(33)36)26(32(40)42-20-16-12-8-4)24-23(25(21)31(39)41-19-15-11-7-3)29(37)34(30(24)38)18-14-10-6-2/h5-20H2,1-4H3. The number of carbonyl (C=O) groups excluding carboxylic acids is 2. The Kier molecular flexibility index (Phi) is 12.2. The van der Waals surface area contributed by atoms with Crippen LogP contribution in [0.3, 0.4) is 0 Å². The second kappa shape index (κ2) is 15.6. The highest BCUT2D eigenvalue weighted by Gasteiger charge is 2.35. The van der Waals surface area contributed by atoms with Crippen molar-refractivity contribution in [3.8, 4) is 0 Å². The molecule has 0 fully saturated rings. The van der Waals surface area contributed by atoms with Crippen molar-refractivity contribution in [3.05, 3.63) is 52.5 Å². The summed E-state index contributed by atoms with van der Waals surface area (Å²) >= 11 is 0. The zero-order valence-electron chi connectivity index (χ0n) is 25.5. The van der Waals surface area contributed by atoms with E-state index in [1.54, 1.807) is 0 Å². The first kappa shape index (κ1) is 32.9. The molecule has 0 aliphatic rings. The van der Waals surface area contributed by atoms with Crippen molar-refractivity contribution in [1.82, 2.24) is 9.13 Å². The molecule has 0 N–H and O–H groups in total. The minimum absolute atomic E-state index is 0.0438. The fourth-order valence-corrected chi connectivity index (χ4v) is 5.36. The van der Waals surface area contributed by atoms with E-state index in [9.17, 15) is 28.8 Å². The molecule has 0 aliphatic heterocycles. The Morgan fingerprint density at radius 3 is 1.05 bits per heavy atom. The van der Waals surface area contributed by atoms with Crippen molar-refractivity contribution < 1.29 is 19.1 Å². The molecule has 0 saturated heterocycles. The van der Waals surface area contributed by atoms with Gasteiger partial charge in [0.05, 0.1) is 45.9 Å². The summed E-state index contributed by atoms with van der Waals surface area (Å²) in [4.78, 5) is 82.3. The van der Waals surface area contributed by atoms with Crippen LogP contribution in [0, 0.1) is 0 Å². The number of fused-ring (bicyclic) bond motifs is 2. The minimum Gasteiger partial charge on any atom is -0.462 e. The molecule has 10 heteroatoms. The second-order valence-electron chi connectivity index (χ2n) is 10.9. The number of hydrogen-bond acceptors (Lipinski definition) is 8. The number of unbranched alkanes of at least 4 members (excludes halogenated alkanes) is 8. The Morgan fingerprint density at radius 1 is 0.476 bits per heavy atom. The summed E-state index contributed by atoms with van der Waals surface area (Å²) in [6, 6.07) is 0. The van der Waals surface area contributed by atoms with Crippen LogP contribution in [0.15, 0.2) is 19.2 Å². The zero-order valence-corrected chi connectivity index (χ0v) is 25.5. The highest BCUT2D eigenvalue weighted by atomic mass is 16.5. The van der Waals surface area contributed by atoms with Crippen molar-refractivity contribution in [2.75, 3.05) is 13.2 Å². The van der Waals surface area contributed by atoms with Gasteiger partial charge in [-0.25, -0.2) is 9.59 Å². The third-order valence-corrected chi connectivity index (χ3v) is 7.68. The van der Waals surface area contributed by atoms with E-state index in [1.165, 1.54) is 0 Å². The molecule has 0 saturated carbocycles.